The third-order valence-corrected chi connectivity index (χ3v) is 5.02. The Morgan fingerprint density at radius 1 is 1.00 bits per heavy atom. The number of carbonyl (C=O) groups is 2. The highest BCUT2D eigenvalue weighted by Crippen LogP contribution is 2.29. The number of aromatic nitrogens is 2. The summed E-state index contributed by atoms with van der Waals surface area (Å²) in [5.74, 6) is -1.06. The van der Waals surface area contributed by atoms with Crippen LogP contribution in [0.1, 0.15) is 35.3 Å². The molecule has 1 aliphatic rings. The number of hydrogen-bond acceptors (Lipinski definition) is 7. The Labute approximate surface area is 189 Å². The molecule has 0 bridgehead atoms. The van der Waals surface area contributed by atoms with Crippen molar-refractivity contribution in [1.82, 2.24) is 9.97 Å². The van der Waals surface area contributed by atoms with Gasteiger partial charge in [-0.05, 0) is 38.5 Å². The minimum atomic E-state index is -0.911. The first-order valence-corrected chi connectivity index (χ1v) is 10.00. The van der Waals surface area contributed by atoms with E-state index in [1.165, 1.54) is 6.07 Å². The Bertz CT molecular complexity index is 1200. The summed E-state index contributed by atoms with van der Waals surface area (Å²) in [6.07, 6.45) is 3.53. The van der Waals surface area contributed by atoms with Gasteiger partial charge in [-0.1, -0.05) is 29.4 Å². The average molecular weight is 452 g/mol. The Balaban J connectivity index is 0.000000257. The molecule has 0 saturated carbocycles. The number of nitrogens with zero attached hydrogens (tertiary/aromatic N) is 3. The van der Waals surface area contributed by atoms with Crippen molar-refractivity contribution in [1.29, 1.82) is 0 Å². The van der Waals surface area contributed by atoms with Crippen molar-refractivity contribution in [3.63, 3.8) is 0 Å². The molecule has 1 aromatic heterocycles. The van der Waals surface area contributed by atoms with E-state index in [9.17, 15) is 18.4 Å². The fraction of sp³-hybridized carbons (Fsp3) is 0.208. The molecule has 0 amide bonds. The van der Waals surface area contributed by atoms with Gasteiger partial charge in [0.15, 0.2) is 17.6 Å². The second kappa shape index (κ2) is 9.64. The second-order valence-corrected chi connectivity index (χ2v) is 7.64. The number of rotatable bonds is 4. The summed E-state index contributed by atoms with van der Waals surface area (Å²) in [6, 6.07) is 8.98. The highest BCUT2D eigenvalue weighted by atomic mass is 19.1. The van der Waals surface area contributed by atoms with Crippen LogP contribution in [0.25, 0.3) is 11.3 Å². The van der Waals surface area contributed by atoms with Gasteiger partial charge in [0.2, 0.25) is 5.78 Å². The molecule has 0 saturated heterocycles. The number of benzene rings is 2. The molecule has 3 aromatic rings. The molecule has 4 rings (SSSR count). The van der Waals surface area contributed by atoms with E-state index in [-0.39, 0.29) is 12.1 Å². The zero-order valence-corrected chi connectivity index (χ0v) is 18.5. The first-order valence-electron chi connectivity index (χ1n) is 10.00. The van der Waals surface area contributed by atoms with Crippen molar-refractivity contribution < 1.29 is 23.2 Å². The lowest BCUT2D eigenvalue weighted by Gasteiger charge is -2.13. The van der Waals surface area contributed by atoms with Crippen molar-refractivity contribution in [3.8, 4) is 11.3 Å². The molecule has 9 heteroatoms. The van der Waals surface area contributed by atoms with Crippen LogP contribution in [0, 0.1) is 18.6 Å². The van der Waals surface area contributed by atoms with Gasteiger partial charge in [-0.15, -0.1) is 0 Å². The largest absolute Gasteiger partial charge is 0.381 e. The maximum Gasteiger partial charge on any atom is 0.230 e. The lowest BCUT2D eigenvalue weighted by atomic mass is 9.91. The van der Waals surface area contributed by atoms with Crippen molar-refractivity contribution >= 4 is 23.6 Å². The van der Waals surface area contributed by atoms with Crippen LogP contribution < -0.4 is 5.32 Å². The summed E-state index contributed by atoms with van der Waals surface area (Å²) in [5.41, 5.74) is 2.28. The van der Waals surface area contributed by atoms with Gasteiger partial charge in [-0.25, -0.2) is 13.8 Å². The molecular weight excluding hydrogens is 430 g/mol. The second-order valence-electron chi connectivity index (χ2n) is 7.64. The molecule has 7 nitrogen and oxygen atoms in total. The SMILES string of the molecule is CNc1cnc(-c2cccc(C3=NOC(C)(C)C3=O)c2C)cn1.O=Cc1c(F)cccc1F. The van der Waals surface area contributed by atoms with E-state index >= 15 is 0 Å². The van der Waals surface area contributed by atoms with Crippen LogP contribution in [-0.4, -0.2) is 40.4 Å². The average Bonchev–Trinajstić information content (AvgIpc) is 3.07. The molecule has 0 fully saturated rings. The predicted octanol–water partition coefficient (Wildman–Crippen LogP) is 4.35. The van der Waals surface area contributed by atoms with Crippen LogP contribution in [0.4, 0.5) is 14.6 Å². The topological polar surface area (TPSA) is 93.5 Å². The molecule has 0 atom stereocenters. The molecule has 0 aliphatic carbocycles. The third kappa shape index (κ3) is 4.92. The van der Waals surface area contributed by atoms with E-state index in [1.54, 1.807) is 33.3 Å². The molecule has 170 valence electrons. The highest BCUT2D eigenvalue weighted by Gasteiger charge is 2.40. The van der Waals surface area contributed by atoms with Crippen LogP contribution in [-0.2, 0) is 9.63 Å². The first kappa shape index (κ1) is 23.6. The van der Waals surface area contributed by atoms with Gasteiger partial charge in [0.1, 0.15) is 17.5 Å². The molecule has 0 unspecified atom stereocenters. The Morgan fingerprint density at radius 3 is 2.12 bits per heavy atom. The van der Waals surface area contributed by atoms with Gasteiger partial charge in [0.25, 0.3) is 0 Å². The van der Waals surface area contributed by atoms with E-state index in [4.69, 9.17) is 4.84 Å². The molecule has 0 spiro atoms. The lowest BCUT2D eigenvalue weighted by molar-refractivity contribution is -0.128. The van der Waals surface area contributed by atoms with Crippen molar-refractivity contribution in [2.24, 2.45) is 5.16 Å². The number of halogens is 2. The first-order chi connectivity index (χ1) is 15.7. The van der Waals surface area contributed by atoms with Gasteiger partial charge >= 0.3 is 0 Å². The van der Waals surface area contributed by atoms with Gasteiger partial charge in [0.05, 0.1) is 23.7 Å². The Kier molecular flexibility index (Phi) is 6.91. The molecular formula is C24H22F2N4O3. The molecule has 1 N–H and O–H groups in total. The number of nitrogens with one attached hydrogen (secondary N) is 1. The zero-order chi connectivity index (χ0) is 24.2. The van der Waals surface area contributed by atoms with E-state index in [1.807, 2.05) is 25.1 Å². The van der Waals surface area contributed by atoms with Gasteiger partial charge < -0.3 is 10.2 Å². The highest BCUT2D eigenvalue weighted by molar-refractivity contribution is 6.49. The smallest absolute Gasteiger partial charge is 0.230 e. The summed E-state index contributed by atoms with van der Waals surface area (Å²) in [7, 11) is 1.79. The number of hydrogen-bond donors (Lipinski definition) is 1. The number of anilines is 1. The summed E-state index contributed by atoms with van der Waals surface area (Å²) < 4.78 is 24.8. The van der Waals surface area contributed by atoms with Crippen LogP contribution in [0.5, 0.6) is 0 Å². The van der Waals surface area contributed by atoms with E-state index in [2.05, 4.69) is 20.4 Å². The minimum Gasteiger partial charge on any atom is -0.381 e. The number of ketones is 1. The summed E-state index contributed by atoms with van der Waals surface area (Å²) in [4.78, 5) is 36.3. The normalized spacial score (nSPS) is 14.0. The minimum absolute atomic E-state index is 0.116. The van der Waals surface area contributed by atoms with Gasteiger partial charge in [-0.3, -0.25) is 14.6 Å². The molecule has 1 aliphatic heterocycles. The number of oxime groups is 1. The summed E-state index contributed by atoms with van der Waals surface area (Å²) in [5, 5.41) is 6.92. The number of Topliss-reactive ketones (excluding diaryl/α,β-unsaturated/α-hetero) is 1. The maximum atomic E-state index is 12.4. The zero-order valence-electron chi connectivity index (χ0n) is 18.5. The monoisotopic (exact) mass is 452 g/mol. The lowest BCUT2D eigenvalue weighted by Crippen LogP contribution is -2.33. The van der Waals surface area contributed by atoms with Crippen LogP contribution in [0.3, 0.4) is 0 Å². The van der Waals surface area contributed by atoms with Crippen LogP contribution >= 0.6 is 0 Å². The Morgan fingerprint density at radius 2 is 1.64 bits per heavy atom. The third-order valence-electron chi connectivity index (χ3n) is 5.02. The molecule has 0 radical (unpaired) electrons. The fourth-order valence-electron chi connectivity index (χ4n) is 3.09. The fourth-order valence-corrected chi connectivity index (χ4v) is 3.09. The number of carbonyl (C=O) groups excluding carboxylic acids is 2. The maximum absolute atomic E-state index is 12.4. The van der Waals surface area contributed by atoms with E-state index in [0.717, 1.165) is 34.5 Å². The summed E-state index contributed by atoms with van der Waals surface area (Å²) in [6.45, 7) is 5.37. The molecule has 2 aromatic carbocycles. The van der Waals surface area contributed by atoms with Crippen molar-refractivity contribution in [2.75, 3.05) is 12.4 Å². The standard InChI is InChI=1S/C17H18N4O2.C7H4F2O/c1-10-11(13-8-20-14(18-4)9-19-13)6-5-7-12(10)15-16(22)17(2,3)23-21-15;8-6-2-1-3-7(9)5(6)4-10/h5-9H,1-4H3,(H,18,20);1-4H. The number of aldehydes is 1. The van der Waals surface area contributed by atoms with Gasteiger partial charge in [-0.2, -0.15) is 0 Å². The quantitative estimate of drug-likeness (QED) is 0.592. The molecule has 33 heavy (non-hydrogen) atoms. The van der Waals surface area contributed by atoms with E-state index in [0.29, 0.717) is 11.5 Å². The summed E-state index contributed by atoms with van der Waals surface area (Å²) >= 11 is 0. The van der Waals surface area contributed by atoms with Gasteiger partial charge in [0, 0.05) is 18.2 Å². The van der Waals surface area contributed by atoms with E-state index < -0.39 is 22.8 Å². The van der Waals surface area contributed by atoms with Crippen molar-refractivity contribution in [3.05, 3.63) is 77.1 Å². The Hall–Kier alpha value is -4.01. The van der Waals surface area contributed by atoms with Crippen molar-refractivity contribution in [2.45, 2.75) is 26.4 Å². The van der Waals surface area contributed by atoms with Crippen LogP contribution in [0.2, 0.25) is 0 Å². The predicted molar refractivity (Wildman–Crippen MR) is 120 cm³/mol. The van der Waals surface area contributed by atoms with Crippen LogP contribution in [0.15, 0.2) is 53.9 Å². The molecule has 2 heterocycles.